The molecule has 0 unspecified atom stereocenters. The van der Waals surface area contributed by atoms with Crippen molar-refractivity contribution in [3.8, 4) is 11.4 Å². The molecule has 0 spiro atoms. The summed E-state index contributed by atoms with van der Waals surface area (Å²) >= 11 is 0. The Labute approximate surface area is 126 Å². The molecule has 3 rings (SSSR count). The van der Waals surface area contributed by atoms with Crippen LogP contribution in [0.4, 0.5) is 5.82 Å². The number of hydrogen-bond acceptors (Lipinski definition) is 6. The standard InChI is InChI=1S/C13H14N8O/c1-9-16-19-21(17-9)8-13(22)15-12-7-11(18-20(12)2)10-5-3-4-6-14-10/h3-7H,8H2,1-2H3,(H,15,22). The van der Waals surface area contributed by atoms with Crippen molar-refractivity contribution in [3.05, 3.63) is 36.3 Å². The molecule has 0 aliphatic heterocycles. The number of nitrogens with one attached hydrogen (secondary N) is 1. The molecular formula is C13H14N8O. The van der Waals surface area contributed by atoms with Gasteiger partial charge in [-0.2, -0.15) is 9.90 Å². The van der Waals surface area contributed by atoms with Gasteiger partial charge in [-0.1, -0.05) is 6.07 Å². The number of anilines is 1. The first kappa shape index (κ1) is 13.9. The molecule has 1 amide bonds. The third-order valence-electron chi connectivity index (χ3n) is 2.91. The van der Waals surface area contributed by atoms with Gasteiger partial charge >= 0.3 is 0 Å². The van der Waals surface area contributed by atoms with Crippen molar-refractivity contribution >= 4 is 11.7 Å². The molecule has 0 aliphatic carbocycles. The third kappa shape index (κ3) is 2.97. The van der Waals surface area contributed by atoms with Crippen LogP contribution in [-0.4, -0.2) is 40.9 Å². The number of nitrogens with zero attached hydrogens (tertiary/aromatic N) is 7. The van der Waals surface area contributed by atoms with E-state index in [1.54, 1.807) is 30.9 Å². The van der Waals surface area contributed by atoms with E-state index in [-0.39, 0.29) is 12.5 Å². The minimum absolute atomic E-state index is 0.00899. The van der Waals surface area contributed by atoms with Crippen molar-refractivity contribution < 1.29 is 4.79 Å². The lowest BCUT2D eigenvalue weighted by molar-refractivity contribution is -0.117. The molecule has 9 nitrogen and oxygen atoms in total. The zero-order chi connectivity index (χ0) is 15.5. The second kappa shape index (κ2) is 5.72. The van der Waals surface area contributed by atoms with Crippen molar-refractivity contribution in [2.75, 3.05) is 5.32 Å². The summed E-state index contributed by atoms with van der Waals surface area (Å²) in [6.07, 6.45) is 1.70. The minimum atomic E-state index is -0.257. The summed E-state index contributed by atoms with van der Waals surface area (Å²) in [5.41, 5.74) is 1.43. The summed E-state index contributed by atoms with van der Waals surface area (Å²) in [6, 6.07) is 7.34. The maximum absolute atomic E-state index is 12.0. The fourth-order valence-corrected chi connectivity index (χ4v) is 1.92. The molecule has 0 bridgehead atoms. The number of aromatic nitrogens is 7. The highest BCUT2D eigenvalue weighted by atomic mass is 16.2. The molecule has 3 aromatic heterocycles. The van der Waals surface area contributed by atoms with Crippen molar-refractivity contribution in [1.82, 2.24) is 35.0 Å². The van der Waals surface area contributed by atoms with E-state index in [0.29, 0.717) is 17.3 Å². The van der Waals surface area contributed by atoms with Crippen LogP contribution in [0.5, 0.6) is 0 Å². The zero-order valence-electron chi connectivity index (χ0n) is 12.1. The first-order valence-corrected chi connectivity index (χ1v) is 6.61. The number of pyridine rings is 1. The normalized spacial score (nSPS) is 10.6. The molecule has 0 saturated carbocycles. The summed E-state index contributed by atoms with van der Waals surface area (Å²) in [6.45, 7) is 1.70. The first-order chi connectivity index (χ1) is 10.6. The first-order valence-electron chi connectivity index (χ1n) is 6.61. The number of aryl methyl sites for hydroxylation is 2. The van der Waals surface area contributed by atoms with Crippen LogP contribution in [0.2, 0.25) is 0 Å². The quantitative estimate of drug-likeness (QED) is 0.748. The lowest BCUT2D eigenvalue weighted by Gasteiger charge is -2.03. The Bertz CT molecular complexity index is 791. The van der Waals surface area contributed by atoms with Gasteiger partial charge in [0.2, 0.25) is 5.91 Å². The largest absolute Gasteiger partial charge is 0.309 e. The van der Waals surface area contributed by atoms with Crippen LogP contribution in [-0.2, 0) is 18.4 Å². The number of rotatable bonds is 4. The topological polar surface area (TPSA) is 103 Å². The van der Waals surface area contributed by atoms with Gasteiger partial charge in [-0.15, -0.1) is 10.2 Å². The van der Waals surface area contributed by atoms with Crippen molar-refractivity contribution in [1.29, 1.82) is 0 Å². The molecule has 0 aliphatic rings. The van der Waals surface area contributed by atoms with E-state index in [1.165, 1.54) is 4.80 Å². The van der Waals surface area contributed by atoms with Gasteiger partial charge < -0.3 is 5.32 Å². The number of amides is 1. The molecule has 0 radical (unpaired) electrons. The number of hydrogen-bond donors (Lipinski definition) is 1. The molecule has 3 heterocycles. The number of carbonyl (C=O) groups excluding carboxylic acids is 1. The summed E-state index contributed by atoms with van der Waals surface area (Å²) in [7, 11) is 1.75. The lowest BCUT2D eigenvalue weighted by Crippen LogP contribution is -2.21. The van der Waals surface area contributed by atoms with E-state index >= 15 is 0 Å². The molecular weight excluding hydrogens is 284 g/mol. The number of carbonyl (C=O) groups is 1. The van der Waals surface area contributed by atoms with E-state index < -0.39 is 0 Å². The van der Waals surface area contributed by atoms with Crippen LogP contribution in [0.3, 0.4) is 0 Å². The predicted molar refractivity (Wildman–Crippen MR) is 77.6 cm³/mol. The van der Waals surface area contributed by atoms with E-state index in [9.17, 15) is 4.79 Å². The average Bonchev–Trinajstić information content (AvgIpc) is 3.07. The number of tetrazole rings is 1. The van der Waals surface area contributed by atoms with Crippen LogP contribution in [0.25, 0.3) is 11.4 Å². The molecule has 0 saturated heterocycles. The minimum Gasteiger partial charge on any atom is -0.309 e. The fourth-order valence-electron chi connectivity index (χ4n) is 1.92. The van der Waals surface area contributed by atoms with Gasteiger partial charge in [-0.3, -0.25) is 14.5 Å². The SMILES string of the molecule is Cc1nnn(CC(=O)Nc2cc(-c3ccccn3)nn2C)n1. The molecule has 112 valence electrons. The molecule has 3 aromatic rings. The Morgan fingerprint density at radius 1 is 1.27 bits per heavy atom. The molecule has 0 atom stereocenters. The van der Waals surface area contributed by atoms with Crippen molar-refractivity contribution in [2.24, 2.45) is 7.05 Å². The van der Waals surface area contributed by atoms with Crippen LogP contribution in [0.15, 0.2) is 30.5 Å². The highest BCUT2D eigenvalue weighted by Gasteiger charge is 2.12. The summed E-state index contributed by atoms with van der Waals surface area (Å²) in [5.74, 6) is 0.834. The summed E-state index contributed by atoms with van der Waals surface area (Å²) in [4.78, 5) is 17.5. The predicted octanol–water partition coefficient (Wildman–Crippen LogP) is 0.416. The molecule has 0 fully saturated rings. The van der Waals surface area contributed by atoms with Crippen molar-refractivity contribution in [3.63, 3.8) is 0 Å². The second-order valence-electron chi connectivity index (χ2n) is 4.67. The Kier molecular flexibility index (Phi) is 3.60. The van der Waals surface area contributed by atoms with Gasteiger partial charge in [-0.05, 0) is 24.3 Å². The lowest BCUT2D eigenvalue weighted by atomic mass is 10.3. The summed E-state index contributed by atoms with van der Waals surface area (Å²) < 4.78 is 1.59. The third-order valence-corrected chi connectivity index (χ3v) is 2.91. The molecule has 9 heteroatoms. The van der Waals surface area contributed by atoms with Gasteiger partial charge in [0.25, 0.3) is 0 Å². The van der Waals surface area contributed by atoms with E-state index in [4.69, 9.17) is 0 Å². The van der Waals surface area contributed by atoms with Crippen molar-refractivity contribution in [2.45, 2.75) is 13.5 Å². The Morgan fingerprint density at radius 2 is 2.14 bits per heavy atom. The van der Waals surface area contributed by atoms with Gasteiger partial charge in [0, 0.05) is 19.3 Å². The second-order valence-corrected chi connectivity index (χ2v) is 4.67. The van der Waals surface area contributed by atoms with Gasteiger partial charge in [0.15, 0.2) is 5.82 Å². The monoisotopic (exact) mass is 298 g/mol. The molecule has 1 N–H and O–H groups in total. The van der Waals surface area contributed by atoms with E-state index in [2.05, 4.69) is 30.8 Å². The molecule has 22 heavy (non-hydrogen) atoms. The van der Waals surface area contributed by atoms with Crippen LogP contribution < -0.4 is 5.32 Å². The Morgan fingerprint density at radius 3 is 2.82 bits per heavy atom. The van der Waals surface area contributed by atoms with E-state index in [1.807, 2.05) is 18.2 Å². The van der Waals surface area contributed by atoms with Crippen LogP contribution >= 0.6 is 0 Å². The van der Waals surface area contributed by atoms with Gasteiger partial charge in [-0.25, -0.2) is 0 Å². The fraction of sp³-hybridized carbons (Fsp3) is 0.231. The van der Waals surface area contributed by atoms with Crippen LogP contribution in [0, 0.1) is 6.92 Å². The zero-order valence-corrected chi connectivity index (χ0v) is 12.1. The Balaban J connectivity index is 1.73. The van der Waals surface area contributed by atoms with Gasteiger partial charge in [0.1, 0.15) is 18.1 Å². The molecule has 0 aromatic carbocycles. The maximum Gasteiger partial charge on any atom is 0.249 e. The highest BCUT2D eigenvalue weighted by molar-refractivity contribution is 5.90. The summed E-state index contributed by atoms with van der Waals surface area (Å²) in [5, 5.41) is 18.5. The smallest absolute Gasteiger partial charge is 0.249 e. The Hall–Kier alpha value is -3.10. The van der Waals surface area contributed by atoms with Gasteiger partial charge in [0.05, 0.1) is 5.69 Å². The van der Waals surface area contributed by atoms with E-state index in [0.717, 1.165) is 5.69 Å². The maximum atomic E-state index is 12.0. The highest BCUT2D eigenvalue weighted by Crippen LogP contribution is 2.18. The average molecular weight is 298 g/mol. The van der Waals surface area contributed by atoms with Crippen LogP contribution in [0.1, 0.15) is 5.82 Å².